The zero-order valence-corrected chi connectivity index (χ0v) is 10.8. The number of rotatable bonds is 2. The molecule has 0 aliphatic heterocycles. The minimum atomic E-state index is -0.761. The molecule has 8 heteroatoms. The molecule has 0 saturated heterocycles. The van der Waals surface area contributed by atoms with Crippen molar-refractivity contribution in [2.75, 3.05) is 11.9 Å². The molecule has 0 atom stereocenters. The van der Waals surface area contributed by atoms with Gasteiger partial charge in [0.1, 0.15) is 17.2 Å². The molecule has 0 saturated carbocycles. The molecule has 0 radical (unpaired) electrons. The van der Waals surface area contributed by atoms with Gasteiger partial charge in [0.25, 0.3) is 11.5 Å². The maximum Gasteiger partial charge on any atom is 0.326 e. The minimum Gasteiger partial charge on any atom is -0.320 e. The molecule has 5 N–H and O–H groups in total. The Labute approximate surface area is 118 Å². The molecule has 106 valence electrons. The third-order valence-corrected chi connectivity index (χ3v) is 2.31. The van der Waals surface area contributed by atoms with Crippen molar-refractivity contribution in [1.29, 1.82) is 0 Å². The fraction of sp³-hybridized carbons (Fsp3) is 0.0769. The molecular formula is C13H11N5O3. The Hall–Kier alpha value is -3.18. The molecule has 0 spiro atoms. The van der Waals surface area contributed by atoms with E-state index in [-0.39, 0.29) is 18.1 Å². The highest BCUT2D eigenvalue weighted by atomic mass is 16.2. The van der Waals surface area contributed by atoms with E-state index in [2.05, 4.69) is 27.1 Å². The summed E-state index contributed by atoms with van der Waals surface area (Å²) in [5.74, 6) is 4.95. The van der Waals surface area contributed by atoms with E-state index in [1.165, 1.54) is 0 Å². The van der Waals surface area contributed by atoms with Crippen molar-refractivity contribution in [1.82, 2.24) is 15.0 Å². The molecule has 2 rings (SSSR count). The molecule has 0 aliphatic carbocycles. The van der Waals surface area contributed by atoms with E-state index in [1.54, 1.807) is 18.2 Å². The van der Waals surface area contributed by atoms with Crippen LogP contribution in [0.4, 0.5) is 5.82 Å². The van der Waals surface area contributed by atoms with Crippen molar-refractivity contribution in [2.45, 2.75) is 0 Å². The Balaban J connectivity index is 2.23. The largest absolute Gasteiger partial charge is 0.326 e. The van der Waals surface area contributed by atoms with Gasteiger partial charge in [0, 0.05) is 6.07 Å². The first kappa shape index (κ1) is 14.2. The monoisotopic (exact) mass is 285 g/mol. The van der Waals surface area contributed by atoms with Crippen LogP contribution in [0.3, 0.4) is 0 Å². The summed E-state index contributed by atoms with van der Waals surface area (Å²) >= 11 is 0. The standard InChI is InChI=1S/C13H11N5O3/c14-6-2-4-8-3-1-5-10(15-8)17-12(20)9-7-11(19)18-13(21)16-9/h1,3,5,7H,6,14H2,(H,15,17,20)(H2,16,18,19,21). The van der Waals surface area contributed by atoms with Gasteiger partial charge in [-0.3, -0.25) is 14.6 Å². The second-order valence-corrected chi connectivity index (χ2v) is 3.87. The number of amides is 1. The Morgan fingerprint density at radius 2 is 2.14 bits per heavy atom. The maximum absolute atomic E-state index is 11.9. The lowest BCUT2D eigenvalue weighted by molar-refractivity contribution is 0.102. The van der Waals surface area contributed by atoms with Crippen LogP contribution in [0.5, 0.6) is 0 Å². The second-order valence-electron chi connectivity index (χ2n) is 3.87. The summed E-state index contributed by atoms with van der Waals surface area (Å²) < 4.78 is 0. The van der Waals surface area contributed by atoms with Gasteiger partial charge < -0.3 is 16.0 Å². The SMILES string of the molecule is NCC#Cc1cccc(NC(=O)c2cc(=O)[nH]c(=O)[nH]2)n1. The summed E-state index contributed by atoms with van der Waals surface area (Å²) in [6, 6.07) is 5.85. The van der Waals surface area contributed by atoms with Gasteiger partial charge in [0.15, 0.2) is 0 Å². The van der Waals surface area contributed by atoms with Gasteiger partial charge >= 0.3 is 5.69 Å². The van der Waals surface area contributed by atoms with Crippen molar-refractivity contribution in [3.63, 3.8) is 0 Å². The quantitative estimate of drug-likeness (QED) is 0.526. The summed E-state index contributed by atoms with van der Waals surface area (Å²) in [7, 11) is 0. The van der Waals surface area contributed by atoms with Gasteiger partial charge in [-0.25, -0.2) is 9.78 Å². The van der Waals surface area contributed by atoms with Crippen molar-refractivity contribution in [2.24, 2.45) is 5.73 Å². The number of aromatic amines is 2. The molecule has 1 amide bonds. The van der Waals surface area contributed by atoms with Crippen LogP contribution in [0, 0.1) is 11.8 Å². The number of H-pyrrole nitrogens is 2. The third kappa shape index (κ3) is 3.89. The van der Waals surface area contributed by atoms with E-state index in [4.69, 9.17) is 5.73 Å². The number of hydrogen-bond acceptors (Lipinski definition) is 5. The smallest absolute Gasteiger partial charge is 0.320 e. The van der Waals surface area contributed by atoms with Crippen LogP contribution >= 0.6 is 0 Å². The van der Waals surface area contributed by atoms with Gasteiger partial charge in [-0.2, -0.15) is 0 Å². The molecule has 0 bridgehead atoms. The fourth-order valence-electron chi connectivity index (χ4n) is 1.49. The first-order valence-electron chi connectivity index (χ1n) is 5.89. The number of anilines is 1. The highest BCUT2D eigenvalue weighted by Gasteiger charge is 2.09. The Bertz CT molecular complexity index is 813. The zero-order valence-electron chi connectivity index (χ0n) is 10.8. The number of nitrogens with one attached hydrogen (secondary N) is 3. The van der Waals surface area contributed by atoms with Crippen LogP contribution < -0.4 is 22.3 Å². The van der Waals surface area contributed by atoms with Crippen LogP contribution in [0.15, 0.2) is 33.9 Å². The van der Waals surface area contributed by atoms with Crippen LogP contribution in [-0.4, -0.2) is 27.4 Å². The molecule has 21 heavy (non-hydrogen) atoms. The number of hydrogen-bond donors (Lipinski definition) is 4. The summed E-state index contributed by atoms with van der Waals surface area (Å²) in [5, 5.41) is 2.46. The second kappa shape index (κ2) is 6.31. The lowest BCUT2D eigenvalue weighted by atomic mass is 10.3. The van der Waals surface area contributed by atoms with Crippen LogP contribution in [0.1, 0.15) is 16.2 Å². The van der Waals surface area contributed by atoms with Crippen molar-refractivity contribution >= 4 is 11.7 Å². The predicted molar refractivity (Wildman–Crippen MR) is 75.8 cm³/mol. The summed E-state index contributed by atoms with van der Waals surface area (Å²) in [4.78, 5) is 42.4. The molecular weight excluding hydrogens is 274 g/mol. The van der Waals surface area contributed by atoms with Crippen molar-refractivity contribution in [3.8, 4) is 11.8 Å². The normalized spacial score (nSPS) is 9.57. The van der Waals surface area contributed by atoms with E-state index >= 15 is 0 Å². The van der Waals surface area contributed by atoms with E-state index in [0.717, 1.165) is 6.07 Å². The molecule has 0 aromatic carbocycles. The van der Waals surface area contributed by atoms with Gasteiger partial charge in [0.05, 0.1) is 6.54 Å². The molecule has 2 aromatic rings. The first-order valence-corrected chi connectivity index (χ1v) is 5.89. The topological polar surface area (TPSA) is 134 Å². The lowest BCUT2D eigenvalue weighted by Gasteiger charge is -2.04. The van der Waals surface area contributed by atoms with Crippen LogP contribution in [0.25, 0.3) is 0 Å². The van der Waals surface area contributed by atoms with E-state index in [9.17, 15) is 14.4 Å². The van der Waals surface area contributed by atoms with E-state index < -0.39 is 17.2 Å². The fourth-order valence-corrected chi connectivity index (χ4v) is 1.49. The van der Waals surface area contributed by atoms with Crippen molar-refractivity contribution < 1.29 is 4.79 Å². The highest BCUT2D eigenvalue weighted by Crippen LogP contribution is 2.05. The molecule has 2 heterocycles. The number of carbonyl (C=O) groups excluding carboxylic acids is 1. The van der Waals surface area contributed by atoms with Gasteiger partial charge in [-0.15, -0.1) is 0 Å². The molecule has 0 fully saturated rings. The number of nitrogens with zero attached hydrogens (tertiary/aromatic N) is 1. The van der Waals surface area contributed by atoms with Crippen molar-refractivity contribution in [3.05, 3.63) is 56.5 Å². The number of carbonyl (C=O) groups is 1. The summed E-state index contributed by atoms with van der Waals surface area (Å²) in [5.41, 5.74) is 4.11. The number of nitrogens with two attached hydrogens (primary N) is 1. The molecule has 0 unspecified atom stereocenters. The predicted octanol–water partition coefficient (Wildman–Crippen LogP) is -0.979. The van der Waals surface area contributed by atoms with Gasteiger partial charge in [0.2, 0.25) is 0 Å². The van der Waals surface area contributed by atoms with Gasteiger partial charge in [-0.05, 0) is 18.1 Å². The Morgan fingerprint density at radius 3 is 2.86 bits per heavy atom. The Kier molecular flexibility index (Phi) is 4.28. The maximum atomic E-state index is 11.9. The van der Waals surface area contributed by atoms with E-state index in [1.807, 2.05) is 4.98 Å². The van der Waals surface area contributed by atoms with Gasteiger partial charge in [-0.1, -0.05) is 12.0 Å². The Morgan fingerprint density at radius 1 is 1.33 bits per heavy atom. The summed E-state index contributed by atoms with van der Waals surface area (Å²) in [6.07, 6.45) is 0. The van der Waals surface area contributed by atoms with E-state index in [0.29, 0.717) is 5.69 Å². The molecule has 2 aromatic heterocycles. The minimum absolute atomic E-state index is 0.163. The van der Waals surface area contributed by atoms with Crippen LogP contribution in [-0.2, 0) is 0 Å². The highest BCUT2D eigenvalue weighted by molar-refractivity contribution is 6.02. The van der Waals surface area contributed by atoms with Crippen LogP contribution in [0.2, 0.25) is 0 Å². The molecule has 8 nitrogen and oxygen atoms in total. The first-order chi connectivity index (χ1) is 10.1. The zero-order chi connectivity index (χ0) is 15.2. The number of aromatic nitrogens is 3. The number of pyridine rings is 1. The average molecular weight is 285 g/mol. The molecule has 0 aliphatic rings. The lowest BCUT2D eigenvalue weighted by Crippen LogP contribution is -2.27. The average Bonchev–Trinajstić information content (AvgIpc) is 2.44. The third-order valence-electron chi connectivity index (χ3n) is 2.31. The summed E-state index contributed by atoms with van der Waals surface area (Å²) in [6.45, 7) is 0.201.